The van der Waals surface area contributed by atoms with Gasteiger partial charge in [0, 0.05) is 12.3 Å². The van der Waals surface area contributed by atoms with Crippen LogP contribution in [0.1, 0.15) is 67.7 Å². The first-order chi connectivity index (χ1) is 12.1. The third-order valence-corrected chi connectivity index (χ3v) is 6.16. The maximum absolute atomic E-state index is 11.9. The van der Waals surface area contributed by atoms with Gasteiger partial charge in [0.15, 0.2) is 5.78 Å². The number of carbonyl (C=O) groups excluding carboxylic acids is 2. The van der Waals surface area contributed by atoms with Crippen molar-refractivity contribution in [1.82, 2.24) is 0 Å². The Balaban J connectivity index is 0.000000263. The minimum Gasteiger partial charge on any atom is -0.303 e. The fourth-order valence-corrected chi connectivity index (χ4v) is 4.67. The van der Waals surface area contributed by atoms with Gasteiger partial charge in [0.25, 0.3) is 0 Å². The molecule has 0 heterocycles. The van der Waals surface area contributed by atoms with Crippen LogP contribution in [0.15, 0.2) is 36.5 Å². The molecule has 0 bridgehead atoms. The Bertz CT molecular complexity index is 563. The van der Waals surface area contributed by atoms with Crippen molar-refractivity contribution in [2.45, 2.75) is 67.7 Å². The molecule has 0 radical (unpaired) electrons. The number of hydrogen-bond donors (Lipinski definition) is 0. The van der Waals surface area contributed by atoms with Crippen LogP contribution in [-0.2, 0) is 9.59 Å². The van der Waals surface area contributed by atoms with Crippen LogP contribution in [0, 0.1) is 34.5 Å². The van der Waals surface area contributed by atoms with E-state index in [1.807, 2.05) is 13.0 Å². The van der Waals surface area contributed by atoms with Gasteiger partial charge in [0.2, 0.25) is 0 Å². The summed E-state index contributed by atoms with van der Waals surface area (Å²) in [6.07, 6.45) is 16.3. The van der Waals surface area contributed by atoms with Gasteiger partial charge in [0.05, 0.1) is 0 Å². The zero-order valence-corrected chi connectivity index (χ0v) is 17.8. The minimum atomic E-state index is 0.102. The molecular formula is C24H38O2. The minimum absolute atomic E-state index is 0.102. The summed E-state index contributed by atoms with van der Waals surface area (Å²) in [4.78, 5) is 22.4. The molecule has 2 heteroatoms. The Labute approximate surface area is 160 Å². The van der Waals surface area contributed by atoms with Crippen molar-refractivity contribution < 1.29 is 9.59 Å². The fourth-order valence-electron chi connectivity index (χ4n) is 4.67. The number of rotatable bonds is 4. The molecule has 26 heavy (non-hydrogen) atoms. The van der Waals surface area contributed by atoms with Crippen molar-refractivity contribution in [3.8, 4) is 0 Å². The molecule has 0 spiro atoms. The molecule has 146 valence electrons. The summed E-state index contributed by atoms with van der Waals surface area (Å²) >= 11 is 0. The third-order valence-electron chi connectivity index (χ3n) is 6.16. The topological polar surface area (TPSA) is 34.1 Å². The molecule has 0 aromatic carbocycles. The lowest BCUT2D eigenvalue weighted by molar-refractivity contribution is -0.123. The van der Waals surface area contributed by atoms with E-state index in [0.29, 0.717) is 29.6 Å². The van der Waals surface area contributed by atoms with Gasteiger partial charge in [-0.2, -0.15) is 0 Å². The average molecular weight is 359 g/mol. The fraction of sp³-hybridized carbons (Fsp3) is 0.667. The molecule has 0 aliphatic heterocycles. The van der Waals surface area contributed by atoms with Crippen LogP contribution < -0.4 is 0 Å². The summed E-state index contributed by atoms with van der Waals surface area (Å²) < 4.78 is 0. The van der Waals surface area contributed by atoms with E-state index in [1.165, 1.54) is 0 Å². The summed E-state index contributed by atoms with van der Waals surface area (Å²) in [5.74, 6) is 1.86. The molecule has 0 saturated heterocycles. The largest absolute Gasteiger partial charge is 0.303 e. The van der Waals surface area contributed by atoms with E-state index < -0.39 is 0 Å². The van der Waals surface area contributed by atoms with Crippen molar-refractivity contribution in [3.05, 3.63) is 36.5 Å². The van der Waals surface area contributed by atoms with Gasteiger partial charge in [-0.15, -0.1) is 0 Å². The number of hydrogen-bond acceptors (Lipinski definition) is 2. The summed E-state index contributed by atoms with van der Waals surface area (Å²) in [5, 5.41) is 0. The Morgan fingerprint density at radius 1 is 1.00 bits per heavy atom. The second-order valence-corrected chi connectivity index (χ2v) is 9.35. The molecule has 2 aliphatic rings. The highest BCUT2D eigenvalue weighted by Gasteiger charge is 2.38. The highest BCUT2D eigenvalue weighted by atomic mass is 16.1. The van der Waals surface area contributed by atoms with E-state index in [1.54, 1.807) is 6.08 Å². The van der Waals surface area contributed by atoms with Crippen molar-refractivity contribution in [1.29, 1.82) is 0 Å². The maximum atomic E-state index is 11.9. The van der Waals surface area contributed by atoms with E-state index >= 15 is 0 Å². The Kier molecular flexibility index (Phi) is 8.24. The molecule has 2 aliphatic carbocycles. The highest BCUT2D eigenvalue weighted by Crippen LogP contribution is 2.42. The van der Waals surface area contributed by atoms with Gasteiger partial charge in [-0.25, -0.2) is 0 Å². The van der Waals surface area contributed by atoms with Crippen molar-refractivity contribution >= 4 is 12.1 Å². The lowest BCUT2D eigenvalue weighted by atomic mass is 9.65. The molecule has 2 nitrogen and oxygen atoms in total. The normalized spacial score (nSPS) is 32.0. The van der Waals surface area contributed by atoms with Gasteiger partial charge >= 0.3 is 0 Å². The van der Waals surface area contributed by atoms with Crippen molar-refractivity contribution in [2.75, 3.05) is 0 Å². The Morgan fingerprint density at radius 3 is 2.00 bits per heavy atom. The van der Waals surface area contributed by atoms with E-state index in [-0.39, 0.29) is 17.1 Å². The van der Waals surface area contributed by atoms with Gasteiger partial charge in [-0.3, -0.25) is 4.79 Å². The van der Waals surface area contributed by atoms with E-state index in [0.717, 1.165) is 19.1 Å². The van der Waals surface area contributed by atoms with Crippen LogP contribution in [0.4, 0.5) is 0 Å². The van der Waals surface area contributed by atoms with E-state index in [9.17, 15) is 9.59 Å². The van der Waals surface area contributed by atoms with Crippen LogP contribution >= 0.6 is 0 Å². The van der Waals surface area contributed by atoms with Crippen LogP contribution in [0.25, 0.3) is 0 Å². The number of allylic oxidation sites excluding steroid dienone is 6. The van der Waals surface area contributed by atoms with E-state index in [4.69, 9.17) is 0 Å². The molecule has 4 unspecified atom stereocenters. The monoisotopic (exact) mass is 358 g/mol. The molecule has 0 aromatic rings. The molecule has 0 saturated carbocycles. The molecule has 2 rings (SSSR count). The first-order valence-corrected chi connectivity index (χ1v) is 10.0. The smallest absolute Gasteiger partial charge is 0.159 e. The van der Waals surface area contributed by atoms with Crippen LogP contribution in [-0.4, -0.2) is 12.1 Å². The standard InChI is InChI=1S/C13H20O.C11H18O/c1-5-7-11(14)12-10(2)8-6-9-13(12,3)4;1-9-5-4-7-11(2,3)10(9)6-8-12/h5-8,10,12H,9H2,1-4H3;4-5,8-10H,6-7H2,1-3H3/b7-5+;. The number of aldehydes is 1. The molecule has 0 fully saturated rings. The van der Waals surface area contributed by atoms with E-state index in [2.05, 4.69) is 65.8 Å². The first-order valence-electron chi connectivity index (χ1n) is 10.0. The Morgan fingerprint density at radius 2 is 1.54 bits per heavy atom. The van der Waals surface area contributed by atoms with Crippen LogP contribution in [0.5, 0.6) is 0 Å². The maximum Gasteiger partial charge on any atom is 0.159 e. The summed E-state index contributed by atoms with van der Waals surface area (Å²) in [7, 11) is 0. The number of carbonyl (C=O) groups is 2. The molecular weight excluding hydrogens is 320 g/mol. The predicted molar refractivity (Wildman–Crippen MR) is 111 cm³/mol. The molecule has 0 aromatic heterocycles. The first kappa shape index (κ1) is 22.6. The molecule has 0 amide bonds. The number of ketones is 1. The lowest BCUT2D eigenvalue weighted by Crippen LogP contribution is -2.36. The van der Waals surface area contributed by atoms with Crippen molar-refractivity contribution in [2.24, 2.45) is 34.5 Å². The summed E-state index contributed by atoms with van der Waals surface area (Å²) in [5.41, 5.74) is 0.403. The second-order valence-electron chi connectivity index (χ2n) is 9.35. The second kappa shape index (κ2) is 9.48. The zero-order chi connectivity index (χ0) is 20.0. The van der Waals surface area contributed by atoms with Crippen molar-refractivity contribution in [3.63, 3.8) is 0 Å². The molecule has 0 N–H and O–H groups in total. The quantitative estimate of drug-likeness (QED) is 0.341. The van der Waals surface area contributed by atoms with Gasteiger partial charge in [-0.05, 0) is 54.4 Å². The van der Waals surface area contributed by atoms with Gasteiger partial charge in [0.1, 0.15) is 6.29 Å². The zero-order valence-electron chi connectivity index (χ0n) is 17.8. The average Bonchev–Trinajstić information content (AvgIpc) is 2.51. The van der Waals surface area contributed by atoms with Crippen LogP contribution in [0.3, 0.4) is 0 Å². The summed E-state index contributed by atoms with van der Waals surface area (Å²) in [6.45, 7) is 15.1. The van der Waals surface area contributed by atoms with Crippen LogP contribution in [0.2, 0.25) is 0 Å². The summed E-state index contributed by atoms with van der Waals surface area (Å²) in [6, 6.07) is 0. The Hall–Kier alpha value is -1.44. The predicted octanol–water partition coefficient (Wildman–Crippen LogP) is 6.18. The SMILES string of the molecule is C/C=C/C(=O)C1C(C)C=CCC1(C)C.CC1C=CCC(C)(C)C1CC=O. The van der Waals surface area contributed by atoms with Gasteiger partial charge < -0.3 is 4.79 Å². The highest BCUT2D eigenvalue weighted by molar-refractivity contribution is 5.92. The lowest BCUT2D eigenvalue weighted by Gasteiger charge is -2.38. The molecule has 4 atom stereocenters. The van der Waals surface area contributed by atoms with Gasteiger partial charge in [-0.1, -0.05) is 71.9 Å². The third kappa shape index (κ3) is 5.79.